The lowest BCUT2D eigenvalue weighted by molar-refractivity contribution is -0.134. The summed E-state index contributed by atoms with van der Waals surface area (Å²) in [6, 6.07) is 10.0. The summed E-state index contributed by atoms with van der Waals surface area (Å²) in [7, 11) is 0. The number of unbranched alkanes of at least 4 members (excludes halogenated alkanes) is 8. The molecule has 2 N–H and O–H groups in total. The highest BCUT2D eigenvalue weighted by Crippen LogP contribution is 2.31. The molecular weight excluding hydrogens is 468 g/mol. The molecule has 0 saturated heterocycles. The molecule has 0 saturated carbocycles. The zero-order valence-electron chi connectivity index (χ0n) is 22.7. The van der Waals surface area contributed by atoms with Gasteiger partial charge in [0.1, 0.15) is 29.1 Å². The van der Waals surface area contributed by atoms with E-state index in [1.54, 1.807) is 24.3 Å². The Morgan fingerprint density at radius 1 is 0.838 bits per heavy atom. The fraction of sp³-hybridized carbons (Fsp3) is 0.516. The third-order valence-electron chi connectivity index (χ3n) is 6.09. The van der Waals surface area contributed by atoms with Crippen LogP contribution >= 0.6 is 0 Å². The number of ether oxygens (including phenoxy) is 3. The van der Waals surface area contributed by atoms with Gasteiger partial charge < -0.3 is 24.4 Å². The number of carbonyl (C=O) groups excluding carboxylic acids is 1. The zero-order valence-corrected chi connectivity index (χ0v) is 22.7. The van der Waals surface area contributed by atoms with Crippen LogP contribution in [0.25, 0.3) is 6.08 Å². The van der Waals surface area contributed by atoms with Crippen molar-refractivity contribution in [3.05, 3.63) is 53.6 Å². The first-order chi connectivity index (χ1) is 18.0. The van der Waals surface area contributed by atoms with E-state index in [0.717, 1.165) is 24.8 Å². The summed E-state index contributed by atoms with van der Waals surface area (Å²) in [5.41, 5.74) is 1.10. The van der Waals surface area contributed by atoms with Crippen LogP contribution in [0.2, 0.25) is 0 Å². The van der Waals surface area contributed by atoms with E-state index in [1.165, 1.54) is 44.6 Å². The number of hydrogen-bond donors (Lipinski definition) is 2. The van der Waals surface area contributed by atoms with Gasteiger partial charge in [0.2, 0.25) is 0 Å². The predicted octanol–water partition coefficient (Wildman–Crippen LogP) is 7.76. The summed E-state index contributed by atoms with van der Waals surface area (Å²) < 4.78 is 16.6. The standard InChI is InChI=1S/C31H44O6/c1-4-7-8-9-10-11-12-13-14-15-31(34)37-26-19-20-27(29(33)22-26)28(32)21-17-24-16-18-25(35-5-2)23-30(24)36-6-3/h16-23,28,32-33H,4-15H2,1-3H3. The highest BCUT2D eigenvalue weighted by Gasteiger charge is 2.13. The van der Waals surface area contributed by atoms with Gasteiger partial charge in [0.05, 0.1) is 13.2 Å². The number of benzene rings is 2. The van der Waals surface area contributed by atoms with Crippen LogP contribution in [0.4, 0.5) is 0 Å². The van der Waals surface area contributed by atoms with E-state index in [2.05, 4.69) is 6.92 Å². The second-order valence-electron chi connectivity index (χ2n) is 9.14. The Balaban J connectivity index is 1.84. The average Bonchev–Trinajstić information content (AvgIpc) is 2.87. The number of hydrogen-bond acceptors (Lipinski definition) is 6. The van der Waals surface area contributed by atoms with Gasteiger partial charge >= 0.3 is 5.97 Å². The predicted molar refractivity (Wildman–Crippen MR) is 148 cm³/mol. The Kier molecular flexibility index (Phi) is 14.3. The van der Waals surface area contributed by atoms with Gasteiger partial charge in [-0.25, -0.2) is 0 Å². The molecule has 2 rings (SSSR count). The second kappa shape index (κ2) is 17.5. The summed E-state index contributed by atoms with van der Waals surface area (Å²) >= 11 is 0. The molecule has 0 amide bonds. The molecule has 0 aromatic heterocycles. The maximum absolute atomic E-state index is 12.2. The van der Waals surface area contributed by atoms with E-state index in [9.17, 15) is 15.0 Å². The Morgan fingerprint density at radius 2 is 1.49 bits per heavy atom. The van der Waals surface area contributed by atoms with Crippen LogP contribution in [0.1, 0.15) is 102 Å². The quantitative estimate of drug-likeness (QED) is 0.121. The summed E-state index contributed by atoms with van der Waals surface area (Å²) in [5.74, 6) is 1.18. The van der Waals surface area contributed by atoms with Crippen molar-refractivity contribution in [2.45, 2.75) is 91.1 Å². The SMILES string of the molecule is CCCCCCCCCCCC(=O)Oc1ccc(C(O)C=Cc2ccc(OCC)cc2OCC)c(O)c1. The smallest absolute Gasteiger partial charge is 0.311 e. The molecule has 6 heteroatoms. The van der Waals surface area contributed by atoms with Crippen molar-refractivity contribution in [1.29, 1.82) is 0 Å². The Bertz CT molecular complexity index is 968. The molecule has 2 aromatic carbocycles. The lowest BCUT2D eigenvalue weighted by Crippen LogP contribution is -2.07. The number of aliphatic hydroxyl groups excluding tert-OH is 1. The third-order valence-corrected chi connectivity index (χ3v) is 6.09. The number of aromatic hydroxyl groups is 1. The molecule has 0 fully saturated rings. The van der Waals surface area contributed by atoms with E-state index in [-0.39, 0.29) is 17.5 Å². The number of phenolic OH excluding ortho intramolecular Hbond substituents is 1. The molecule has 0 spiro atoms. The molecule has 0 aliphatic rings. The number of aliphatic hydroxyl groups is 1. The van der Waals surface area contributed by atoms with Crippen LogP contribution in [0, 0.1) is 0 Å². The topological polar surface area (TPSA) is 85.2 Å². The minimum absolute atomic E-state index is 0.137. The van der Waals surface area contributed by atoms with Gasteiger partial charge in [0.15, 0.2) is 0 Å². The van der Waals surface area contributed by atoms with E-state index in [0.29, 0.717) is 36.7 Å². The van der Waals surface area contributed by atoms with Gasteiger partial charge in [-0.3, -0.25) is 4.79 Å². The van der Waals surface area contributed by atoms with Crippen molar-refractivity contribution in [2.24, 2.45) is 0 Å². The largest absolute Gasteiger partial charge is 0.507 e. The summed E-state index contributed by atoms with van der Waals surface area (Å²) in [6.45, 7) is 7.10. The Morgan fingerprint density at radius 3 is 2.14 bits per heavy atom. The van der Waals surface area contributed by atoms with Crippen LogP contribution in [-0.4, -0.2) is 29.4 Å². The van der Waals surface area contributed by atoms with Crippen LogP contribution in [0.3, 0.4) is 0 Å². The van der Waals surface area contributed by atoms with Gasteiger partial charge in [-0.2, -0.15) is 0 Å². The number of rotatable bonds is 18. The molecule has 204 valence electrons. The van der Waals surface area contributed by atoms with E-state index >= 15 is 0 Å². The van der Waals surface area contributed by atoms with Gasteiger partial charge in [-0.15, -0.1) is 0 Å². The van der Waals surface area contributed by atoms with Crippen molar-refractivity contribution in [3.63, 3.8) is 0 Å². The zero-order chi connectivity index (χ0) is 26.9. The van der Waals surface area contributed by atoms with Gasteiger partial charge in [0, 0.05) is 29.7 Å². The van der Waals surface area contributed by atoms with Gasteiger partial charge in [0.25, 0.3) is 0 Å². The maximum Gasteiger partial charge on any atom is 0.311 e. The van der Waals surface area contributed by atoms with Crippen molar-refractivity contribution >= 4 is 12.0 Å². The molecular formula is C31H44O6. The first-order valence-electron chi connectivity index (χ1n) is 13.8. The highest BCUT2D eigenvalue weighted by atomic mass is 16.5. The Labute approximate surface area is 222 Å². The van der Waals surface area contributed by atoms with Crippen molar-refractivity contribution < 1.29 is 29.2 Å². The summed E-state index contributed by atoms with van der Waals surface area (Å²) in [4.78, 5) is 12.2. The van der Waals surface area contributed by atoms with Crippen LogP contribution in [-0.2, 0) is 4.79 Å². The molecule has 0 aliphatic carbocycles. The lowest BCUT2D eigenvalue weighted by Gasteiger charge is -2.12. The molecule has 37 heavy (non-hydrogen) atoms. The van der Waals surface area contributed by atoms with Crippen LogP contribution in [0.5, 0.6) is 23.0 Å². The first-order valence-corrected chi connectivity index (χ1v) is 13.8. The maximum atomic E-state index is 12.2. The number of esters is 1. The number of phenols is 1. The molecule has 0 heterocycles. The monoisotopic (exact) mass is 512 g/mol. The van der Waals surface area contributed by atoms with Crippen molar-refractivity contribution in [3.8, 4) is 23.0 Å². The number of carbonyl (C=O) groups is 1. The normalized spacial score (nSPS) is 12.0. The van der Waals surface area contributed by atoms with E-state index in [1.807, 2.05) is 32.0 Å². The average molecular weight is 513 g/mol. The fourth-order valence-electron chi connectivity index (χ4n) is 4.09. The van der Waals surface area contributed by atoms with Gasteiger partial charge in [-0.05, 0) is 44.5 Å². The third kappa shape index (κ3) is 11.3. The molecule has 6 nitrogen and oxygen atoms in total. The van der Waals surface area contributed by atoms with E-state index in [4.69, 9.17) is 14.2 Å². The minimum Gasteiger partial charge on any atom is -0.507 e. The summed E-state index contributed by atoms with van der Waals surface area (Å²) in [5, 5.41) is 21.1. The fourth-order valence-corrected chi connectivity index (χ4v) is 4.09. The molecule has 2 aromatic rings. The van der Waals surface area contributed by atoms with E-state index < -0.39 is 6.10 Å². The van der Waals surface area contributed by atoms with Gasteiger partial charge in [-0.1, -0.05) is 70.4 Å². The minimum atomic E-state index is -1.05. The molecule has 0 radical (unpaired) electrons. The molecule has 0 aliphatic heterocycles. The summed E-state index contributed by atoms with van der Waals surface area (Å²) in [6.07, 6.45) is 13.3. The first kappa shape index (κ1) is 30.2. The second-order valence-corrected chi connectivity index (χ2v) is 9.14. The Hall–Kier alpha value is -2.99. The van der Waals surface area contributed by atoms with Crippen molar-refractivity contribution in [1.82, 2.24) is 0 Å². The molecule has 0 bridgehead atoms. The van der Waals surface area contributed by atoms with Crippen LogP contribution in [0.15, 0.2) is 42.5 Å². The van der Waals surface area contributed by atoms with Crippen LogP contribution < -0.4 is 14.2 Å². The molecule has 1 unspecified atom stereocenters. The lowest BCUT2D eigenvalue weighted by atomic mass is 10.1. The van der Waals surface area contributed by atoms with Crippen molar-refractivity contribution in [2.75, 3.05) is 13.2 Å². The highest BCUT2D eigenvalue weighted by molar-refractivity contribution is 5.72. The molecule has 1 atom stereocenters.